The number of amides is 2. The van der Waals surface area contributed by atoms with Crippen molar-refractivity contribution in [3.8, 4) is 6.07 Å². The topological polar surface area (TPSA) is 73.2 Å². The number of rotatable bonds is 1. The van der Waals surface area contributed by atoms with Crippen LogP contribution < -0.4 is 5.32 Å². The zero-order chi connectivity index (χ0) is 14.7. The molecule has 1 aromatic carbocycles. The molecule has 2 rings (SSSR count). The minimum Gasteiger partial charge on any atom is -0.320 e. The van der Waals surface area contributed by atoms with Crippen molar-refractivity contribution in [2.24, 2.45) is 0 Å². The Morgan fingerprint density at radius 2 is 2.05 bits per heavy atom. The van der Waals surface area contributed by atoms with Gasteiger partial charge in [-0.3, -0.25) is 4.21 Å². The summed E-state index contributed by atoms with van der Waals surface area (Å²) in [7, 11) is -0.861. The van der Waals surface area contributed by atoms with Gasteiger partial charge in [-0.2, -0.15) is 5.26 Å². The molecule has 1 N–H and O–H groups in total. The van der Waals surface area contributed by atoms with Crippen molar-refractivity contribution in [2.75, 3.05) is 17.6 Å². The maximum absolute atomic E-state index is 12.2. The van der Waals surface area contributed by atoms with Crippen molar-refractivity contribution in [2.45, 2.75) is 25.1 Å². The Labute approximate surface area is 121 Å². The van der Waals surface area contributed by atoms with E-state index < -0.39 is 10.8 Å². The van der Waals surface area contributed by atoms with Crippen LogP contribution in [0, 0.1) is 11.3 Å². The number of nitrogens with zero attached hydrogens (tertiary/aromatic N) is 2. The first-order valence-electron chi connectivity index (χ1n) is 6.48. The van der Waals surface area contributed by atoms with E-state index in [9.17, 15) is 9.00 Å². The Bertz CT molecular complexity index is 565. The molecule has 106 valence electrons. The molecular weight excluding hydrogens is 274 g/mol. The molecule has 1 heterocycles. The zero-order valence-corrected chi connectivity index (χ0v) is 12.3. The van der Waals surface area contributed by atoms with Gasteiger partial charge in [0.25, 0.3) is 0 Å². The van der Waals surface area contributed by atoms with E-state index in [2.05, 4.69) is 5.32 Å². The summed E-state index contributed by atoms with van der Waals surface area (Å²) in [5, 5.41) is 11.5. The van der Waals surface area contributed by atoms with Crippen molar-refractivity contribution < 1.29 is 9.00 Å². The predicted molar refractivity (Wildman–Crippen MR) is 78.8 cm³/mol. The molecule has 6 heteroatoms. The second-order valence-electron chi connectivity index (χ2n) is 4.84. The number of hydrogen-bond donors (Lipinski definition) is 1. The highest BCUT2D eigenvalue weighted by atomic mass is 32.2. The van der Waals surface area contributed by atoms with Gasteiger partial charge in [-0.15, -0.1) is 0 Å². The first-order chi connectivity index (χ1) is 9.52. The SMILES string of the molecule is C[C@@H]1[C@H](C)[S@@](=O)CCN1C(=O)Nc1ccc(C#N)cc1. The first kappa shape index (κ1) is 14.5. The Hall–Kier alpha value is -1.87. The number of nitrogens with one attached hydrogen (secondary N) is 1. The van der Waals surface area contributed by atoms with Crippen molar-refractivity contribution in [3.05, 3.63) is 29.8 Å². The fourth-order valence-electron chi connectivity index (χ4n) is 2.16. The molecule has 1 aromatic rings. The molecule has 20 heavy (non-hydrogen) atoms. The van der Waals surface area contributed by atoms with Crippen LogP contribution in [0.1, 0.15) is 19.4 Å². The smallest absolute Gasteiger partial charge is 0.320 e. The highest BCUT2D eigenvalue weighted by Crippen LogP contribution is 2.18. The van der Waals surface area contributed by atoms with Crippen molar-refractivity contribution in [1.82, 2.24) is 4.90 Å². The molecule has 0 aliphatic carbocycles. The molecule has 1 fully saturated rings. The molecule has 0 radical (unpaired) electrons. The Balaban J connectivity index is 2.04. The van der Waals surface area contributed by atoms with E-state index in [1.165, 1.54) is 0 Å². The zero-order valence-electron chi connectivity index (χ0n) is 11.5. The van der Waals surface area contributed by atoms with Gasteiger partial charge in [-0.1, -0.05) is 0 Å². The van der Waals surface area contributed by atoms with Gasteiger partial charge in [0.05, 0.1) is 16.9 Å². The number of benzene rings is 1. The maximum Gasteiger partial charge on any atom is 0.322 e. The number of anilines is 1. The second kappa shape index (κ2) is 6.06. The number of urea groups is 1. The van der Waals surface area contributed by atoms with Gasteiger partial charge < -0.3 is 10.2 Å². The fourth-order valence-corrected chi connectivity index (χ4v) is 3.50. The maximum atomic E-state index is 12.2. The molecule has 1 aliphatic heterocycles. The lowest BCUT2D eigenvalue weighted by Gasteiger charge is -2.37. The largest absolute Gasteiger partial charge is 0.322 e. The molecule has 0 spiro atoms. The van der Waals surface area contributed by atoms with Gasteiger partial charge in [-0.05, 0) is 38.1 Å². The van der Waals surface area contributed by atoms with Crippen LogP contribution in [0.5, 0.6) is 0 Å². The number of carbonyl (C=O) groups is 1. The third-order valence-electron chi connectivity index (χ3n) is 3.65. The average molecular weight is 291 g/mol. The van der Waals surface area contributed by atoms with Crippen molar-refractivity contribution >= 4 is 22.5 Å². The highest BCUT2D eigenvalue weighted by Gasteiger charge is 2.32. The van der Waals surface area contributed by atoms with E-state index in [0.717, 1.165) is 0 Å². The minimum absolute atomic E-state index is 0.0181. The van der Waals surface area contributed by atoms with Gasteiger partial charge in [0, 0.05) is 34.8 Å². The van der Waals surface area contributed by atoms with E-state index in [1.807, 2.05) is 19.9 Å². The Kier molecular flexibility index (Phi) is 4.40. The fraction of sp³-hybridized carbons (Fsp3) is 0.429. The van der Waals surface area contributed by atoms with Crippen molar-refractivity contribution in [3.63, 3.8) is 0 Å². The number of hydrogen-bond acceptors (Lipinski definition) is 3. The van der Waals surface area contributed by atoms with Crippen LogP contribution in [-0.4, -0.2) is 38.7 Å². The van der Waals surface area contributed by atoms with Crippen LogP contribution in [0.3, 0.4) is 0 Å². The first-order valence-corrected chi connectivity index (χ1v) is 7.86. The highest BCUT2D eigenvalue weighted by molar-refractivity contribution is 7.85. The summed E-state index contributed by atoms with van der Waals surface area (Å²) in [5.41, 5.74) is 1.21. The van der Waals surface area contributed by atoms with Crippen LogP contribution in [0.2, 0.25) is 0 Å². The molecule has 1 saturated heterocycles. The lowest BCUT2D eigenvalue weighted by molar-refractivity contribution is 0.193. The van der Waals surface area contributed by atoms with Crippen LogP contribution >= 0.6 is 0 Å². The lowest BCUT2D eigenvalue weighted by Crippen LogP contribution is -2.53. The van der Waals surface area contributed by atoms with Crippen molar-refractivity contribution in [1.29, 1.82) is 5.26 Å². The quantitative estimate of drug-likeness (QED) is 0.859. The number of carbonyl (C=O) groups excluding carboxylic acids is 1. The van der Waals surface area contributed by atoms with E-state index in [4.69, 9.17) is 5.26 Å². The Morgan fingerprint density at radius 3 is 2.65 bits per heavy atom. The van der Waals surface area contributed by atoms with Crippen LogP contribution in [0.25, 0.3) is 0 Å². The van der Waals surface area contributed by atoms with Gasteiger partial charge in [0.15, 0.2) is 0 Å². The van der Waals surface area contributed by atoms with E-state index in [1.54, 1.807) is 29.2 Å². The molecule has 5 nitrogen and oxygen atoms in total. The van der Waals surface area contributed by atoms with E-state index in [0.29, 0.717) is 23.5 Å². The molecule has 2 amide bonds. The molecule has 0 unspecified atom stereocenters. The minimum atomic E-state index is -0.861. The summed E-state index contributed by atoms with van der Waals surface area (Å²) >= 11 is 0. The third-order valence-corrected chi connectivity index (χ3v) is 5.45. The van der Waals surface area contributed by atoms with Gasteiger partial charge in [0.2, 0.25) is 0 Å². The standard InChI is InChI=1S/C14H17N3O2S/c1-10-11(2)20(19)8-7-17(10)14(18)16-13-5-3-12(9-15)4-6-13/h3-6,10-11H,7-8H2,1-2H3,(H,16,18)/t10-,11+,20+/m1/s1. The molecule has 1 aliphatic rings. The number of nitriles is 1. The summed E-state index contributed by atoms with van der Waals surface area (Å²) in [6.07, 6.45) is 0. The molecule has 0 saturated carbocycles. The molecule has 0 bridgehead atoms. The summed E-state index contributed by atoms with van der Waals surface area (Å²) in [4.78, 5) is 13.9. The van der Waals surface area contributed by atoms with Gasteiger partial charge in [-0.25, -0.2) is 4.79 Å². The van der Waals surface area contributed by atoms with Gasteiger partial charge >= 0.3 is 6.03 Å². The van der Waals surface area contributed by atoms with Crippen LogP contribution in [0.4, 0.5) is 10.5 Å². The lowest BCUT2D eigenvalue weighted by atomic mass is 10.2. The molecule has 0 aromatic heterocycles. The molecule has 3 atom stereocenters. The Morgan fingerprint density at radius 1 is 1.40 bits per heavy atom. The predicted octanol–water partition coefficient (Wildman–Crippen LogP) is 1.93. The monoisotopic (exact) mass is 291 g/mol. The van der Waals surface area contributed by atoms with Crippen LogP contribution in [0.15, 0.2) is 24.3 Å². The summed E-state index contributed by atoms with van der Waals surface area (Å²) in [5.74, 6) is 0.520. The summed E-state index contributed by atoms with van der Waals surface area (Å²) < 4.78 is 11.7. The molecular formula is C14H17N3O2S. The van der Waals surface area contributed by atoms with Gasteiger partial charge in [0.1, 0.15) is 0 Å². The normalized spacial score (nSPS) is 25.9. The second-order valence-corrected chi connectivity index (χ2v) is 6.76. The average Bonchev–Trinajstić information content (AvgIpc) is 2.45. The summed E-state index contributed by atoms with van der Waals surface area (Å²) in [6, 6.07) is 8.51. The third kappa shape index (κ3) is 2.99. The van der Waals surface area contributed by atoms with E-state index in [-0.39, 0.29) is 17.3 Å². The summed E-state index contributed by atoms with van der Waals surface area (Å²) in [6.45, 7) is 4.32. The van der Waals surface area contributed by atoms with E-state index >= 15 is 0 Å². The van der Waals surface area contributed by atoms with Crippen LogP contribution in [-0.2, 0) is 10.8 Å².